The summed E-state index contributed by atoms with van der Waals surface area (Å²) >= 11 is 1.35. The summed E-state index contributed by atoms with van der Waals surface area (Å²) < 4.78 is 14.1. The predicted molar refractivity (Wildman–Crippen MR) is 103 cm³/mol. The van der Waals surface area contributed by atoms with Gasteiger partial charge >= 0.3 is 0 Å². The third-order valence-electron chi connectivity index (χ3n) is 4.11. The largest absolute Gasteiger partial charge is 0.282 e. The Kier molecular flexibility index (Phi) is 5.73. The van der Waals surface area contributed by atoms with Crippen LogP contribution in [0, 0.1) is 12.7 Å². The summed E-state index contributed by atoms with van der Waals surface area (Å²) in [6, 6.07) is 13.9. The number of nitrogens with zero attached hydrogens (tertiary/aromatic N) is 3. The Bertz CT molecular complexity index is 909. The molecule has 1 heterocycles. The minimum Gasteiger partial charge on any atom is -0.282 e. The first kappa shape index (κ1) is 18.2. The van der Waals surface area contributed by atoms with E-state index in [0.717, 1.165) is 29.0 Å². The fraction of sp³-hybridized carbons (Fsp3) is 0.250. The van der Waals surface area contributed by atoms with Gasteiger partial charge in [0.15, 0.2) is 0 Å². The van der Waals surface area contributed by atoms with Gasteiger partial charge in [0.25, 0.3) is 5.91 Å². The molecule has 26 heavy (non-hydrogen) atoms. The van der Waals surface area contributed by atoms with Gasteiger partial charge in [-0.05, 0) is 31.0 Å². The number of unbranched alkanes of at least 4 members (excludes halogenated alkanes) is 1. The first-order valence-electron chi connectivity index (χ1n) is 8.57. The maximum absolute atomic E-state index is 14.1. The van der Waals surface area contributed by atoms with E-state index in [4.69, 9.17) is 0 Å². The average Bonchev–Trinajstić information content (AvgIpc) is 3.12. The third-order valence-corrected chi connectivity index (χ3v) is 5.08. The molecule has 2 aromatic carbocycles. The van der Waals surface area contributed by atoms with Gasteiger partial charge in [-0.2, -0.15) is 0 Å². The van der Waals surface area contributed by atoms with Gasteiger partial charge in [-0.1, -0.05) is 61.1 Å². The number of anilines is 1. The molecule has 0 radical (unpaired) electrons. The van der Waals surface area contributed by atoms with Crippen molar-refractivity contribution in [1.29, 1.82) is 0 Å². The Labute approximate surface area is 156 Å². The van der Waals surface area contributed by atoms with Crippen molar-refractivity contribution in [1.82, 2.24) is 10.2 Å². The van der Waals surface area contributed by atoms with E-state index in [-0.39, 0.29) is 11.5 Å². The Morgan fingerprint density at radius 2 is 1.85 bits per heavy atom. The molecule has 0 N–H and O–H groups in total. The maximum Gasteiger partial charge on any atom is 0.263 e. The normalized spacial score (nSPS) is 10.7. The van der Waals surface area contributed by atoms with Crippen LogP contribution < -0.4 is 4.90 Å². The van der Waals surface area contributed by atoms with Crippen molar-refractivity contribution in [3.8, 4) is 10.6 Å². The summed E-state index contributed by atoms with van der Waals surface area (Å²) in [5, 5.41) is 9.71. The Balaban J connectivity index is 1.95. The van der Waals surface area contributed by atoms with Gasteiger partial charge in [-0.3, -0.25) is 9.69 Å². The molecule has 0 aliphatic carbocycles. The highest BCUT2D eigenvalue weighted by Gasteiger charge is 2.23. The molecule has 0 fully saturated rings. The van der Waals surface area contributed by atoms with Crippen molar-refractivity contribution in [3.05, 3.63) is 65.5 Å². The summed E-state index contributed by atoms with van der Waals surface area (Å²) in [5.74, 6) is -0.910. The topological polar surface area (TPSA) is 46.1 Å². The quantitative estimate of drug-likeness (QED) is 0.607. The van der Waals surface area contributed by atoms with Crippen LogP contribution in [0.4, 0.5) is 9.52 Å². The molecule has 0 spiro atoms. The molecule has 0 bridgehead atoms. The Morgan fingerprint density at radius 1 is 1.12 bits per heavy atom. The van der Waals surface area contributed by atoms with Gasteiger partial charge in [-0.25, -0.2) is 4.39 Å². The molecule has 0 aliphatic heterocycles. The third kappa shape index (κ3) is 3.80. The zero-order valence-corrected chi connectivity index (χ0v) is 15.6. The zero-order valence-electron chi connectivity index (χ0n) is 14.8. The highest BCUT2D eigenvalue weighted by atomic mass is 32.1. The summed E-state index contributed by atoms with van der Waals surface area (Å²) in [7, 11) is 0. The predicted octanol–water partition coefficient (Wildman–Crippen LogP) is 5.10. The van der Waals surface area contributed by atoms with Gasteiger partial charge in [0.05, 0.1) is 5.56 Å². The lowest BCUT2D eigenvalue weighted by molar-refractivity contribution is 0.0982. The number of hydrogen-bond acceptors (Lipinski definition) is 4. The smallest absolute Gasteiger partial charge is 0.263 e. The number of benzene rings is 2. The van der Waals surface area contributed by atoms with Crippen molar-refractivity contribution < 1.29 is 9.18 Å². The van der Waals surface area contributed by atoms with Gasteiger partial charge in [0.1, 0.15) is 10.8 Å². The second-order valence-corrected chi connectivity index (χ2v) is 6.95. The number of aryl methyl sites for hydroxylation is 1. The van der Waals surface area contributed by atoms with Crippen LogP contribution >= 0.6 is 11.3 Å². The molecule has 4 nitrogen and oxygen atoms in total. The molecule has 0 atom stereocenters. The second kappa shape index (κ2) is 8.19. The Morgan fingerprint density at radius 3 is 2.58 bits per heavy atom. The second-order valence-electron chi connectivity index (χ2n) is 5.99. The van der Waals surface area contributed by atoms with E-state index in [0.29, 0.717) is 11.7 Å². The summed E-state index contributed by atoms with van der Waals surface area (Å²) in [6.45, 7) is 4.53. The van der Waals surface area contributed by atoms with Crippen LogP contribution in [0.25, 0.3) is 10.6 Å². The molecule has 0 saturated carbocycles. The maximum atomic E-state index is 14.1. The van der Waals surface area contributed by atoms with E-state index in [1.807, 2.05) is 38.1 Å². The van der Waals surface area contributed by atoms with Crippen molar-refractivity contribution in [2.45, 2.75) is 26.7 Å². The SMILES string of the molecule is CCCCN(C(=O)c1ccccc1F)c1nnc(-c2ccccc2C)s1. The first-order chi connectivity index (χ1) is 12.6. The van der Waals surface area contributed by atoms with Crippen molar-refractivity contribution in [2.75, 3.05) is 11.4 Å². The fourth-order valence-corrected chi connectivity index (χ4v) is 3.59. The molecule has 3 rings (SSSR count). The highest BCUT2D eigenvalue weighted by Crippen LogP contribution is 2.31. The van der Waals surface area contributed by atoms with Crippen LogP contribution in [0.5, 0.6) is 0 Å². The minimum absolute atomic E-state index is 0.0521. The molecule has 3 aromatic rings. The number of rotatable bonds is 6. The van der Waals surface area contributed by atoms with E-state index < -0.39 is 5.82 Å². The van der Waals surface area contributed by atoms with Crippen LogP contribution in [-0.2, 0) is 0 Å². The fourth-order valence-electron chi connectivity index (χ4n) is 2.63. The van der Waals surface area contributed by atoms with Crippen molar-refractivity contribution in [2.24, 2.45) is 0 Å². The van der Waals surface area contributed by atoms with Crippen molar-refractivity contribution >= 4 is 22.4 Å². The highest BCUT2D eigenvalue weighted by molar-refractivity contribution is 7.18. The van der Waals surface area contributed by atoms with Gasteiger partial charge in [-0.15, -0.1) is 10.2 Å². The zero-order chi connectivity index (χ0) is 18.5. The molecule has 0 unspecified atom stereocenters. The van der Waals surface area contributed by atoms with Crippen LogP contribution in [0.3, 0.4) is 0 Å². The van der Waals surface area contributed by atoms with E-state index in [1.165, 1.54) is 28.4 Å². The number of aromatic nitrogens is 2. The van der Waals surface area contributed by atoms with Crippen molar-refractivity contribution in [3.63, 3.8) is 0 Å². The lowest BCUT2D eigenvalue weighted by Crippen LogP contribution is -2.32. The molecule has 0 saturated heterocycles. The number of halogens is 1. The number of hydrogen-bond donors (Lipinski definition) is 0. The number of carbonyl (C=O) groups is 1. The molecular formula is C20H20FN3OS. The molecule has 0 aliphatic rings. The van der Waals surface area contributed by atoms with E-state index >= 15 is 0 Å². The first-order valence-corrected chi connectivity index (χ1v) is 9.39. The molecular weight excluding hydrogens is 349 g/mol. The summed E-state index contributed by atoms with van der Waals surface area (Å²) in [6.07, 6.45) is 1.73. The Hall–Kier alpha value is -2.60. The lowest BCUT2D eigenvalue weighted by atomic mass is 10.1. The average molecular weight is 369 g/mol. The standard InChI is InChI=1S/C20H20FN3OS/c1-3-4-13-24(19(25)16-11-7-8-12-17(16)21)20-23-22-18(26-20)15-10-6-5-9-14(15)2/h5-12H,3-4,13H2,1-2H3. The van der Waals surface area contributed by atoms with Crippen LogP contribution in [0.2, 0.25) is 0 Å². The van der Waals surface area contributed by atoms with Crippen LogP contribution in [0.1, 0.15) is 35.7 Å². The summed E-state index contributed by atoms with van der Waals surface area (Å²) in [5.41, 5.74) is 2.14. The van der Waals surface area contributed by atoms with Gasteiger partial charge in [0.2, 0.25) is 5.13 Å². The molecule has 1 amide bonds. The molecule has 6 heteroatoms. The van der Waals surface area contributed by atoms with Crippen LogP contribution in [-0.4, -0.2) is 22.6 Å². The van der Waals surface area contributed by atoms with Gasteiger partial charge in [0, 0.05) is 12.1 Å². The monoisotopic (exact) mass is 369 g/mol. The van der Waals surface area contributed by atoms with E-state index in [2.05, 4.69) is 10.2 Å². The molecule has 134 valence electrons. The number of amides is 1. The number of carbonyl (C=O) groups excluding carboxylic acids is 1. The molecule has 1 aromatic heterocycles. The van der Waals surface area contributed by atoms with E-state index in [9.17, 15) is 9.18 Å². The van der Waals surface area contributed by atoms with E-state index in [1.54, 1.807) is 12.1 Å². The summed E-state index contributed by atoms with van der Waals surface area (Å²) in [4.78, 5) is 14.4. The van der Waals surface area contributed by atoms with Crippen LogP contribution in [0.15, 0.2) is 48.5 Å². The minimum atomic E-state index is -0.525. The van der Waals surface area contributed by atoms with Gasteiger partial charge < -0.3 is 0 Å². The lowest BCUT2D eigenvalue weighted by Gasteiger charge is -2.19.